The maximum atomic E-state index is 13.0. The highest BCUT2D eigenvalue weighted by Gasteiger charge is 2.15. The molecule has 0 bridgehead atoms. The van der Waals surface area contributed by atoms with Gasteiger partial charge in [0.2, 0.25) is 5.91 Å². The number of carbonyl (C=O) groups is 1. The first-order valence-electron chi connectivity index (χ1n) is 6.92. The number of rotatable bonds is 4. The normalized spacial score (nSPS) is 15.4. The number of hydrogen-bond acceptors (Lipinski definition) is 3. The summed E-state index contributed by atoms with van der Waals surface area (Å²) in [6.07, 6.45) is 5.63. The highest BCUT2D eigenvalue weighted by atomic mass is 19.1. The summed E-state index contributed by atoms with van der Waals surface area (Å²) in [6, 6.07) is 6.07. The lowest BCUT2D eigenvalue weighted by molar-refractivity contribution is -0.120. The van der Waals surface area contributed by atoms with E-state index in [-0.39, 0.29) is 24.1 Å². The van der Waals surface area contributed by atoms with Crippen LogP contribution in [0.5, 0.6) is 0 Å². The molecule has 0 atom stereocenters. The number of nitriles is 1. The van der Waals surface area contributed by atoms with E-state index >= 15 is 0 Å². The van der Waals surface area contributed by atoms with Crippen LogP contribution in [0.15, 0.2) is 18.2 Å². The lowest BCUT2D eigenvalue weighted by atomic mass is 9.95. The van der Waals surface area contributed by atoms with Crippen molar-refractivity contribution in [2.24, 2.45) is 0 Å². The van der Waals surface area contributed by atoms with Gasteiger partial charge >= 0.3 is 0 Å². The summed E-state index contributed by atoms with van der Waals surface area (Å²) in [5.41, 5.74) is 0.683. The Morgan fingerprint density at radius 2 is 2.10 bits per heavy atom. The fraction of sp³-hybridized carbons (Fsp3) is 0.467. The van der Waals surface area contributed by atoms with Crippen LogP contribution in [0.2, 0.25) is 0 Å². The molecule has 1 amide bonds. The van der Waals surface area contributed by atoms with Gasteiger partial charge in [-0.2, -0.15) is 5.26 Å². The van der Waals surface area contributed by atoms with Crippen LogP contribution in [-0.2, 0) is 4.79 Å². The molecule has 0 saturated heterocycles. The summed E-state index contributed by atoms with van der Waals surface area (Å²) in [4.78, 5) is 11.8. The molecule has 106 valence electrons. The van der Waals surface area contributed by atoms with Crippen molar-refractivity contribution in [1.82, 2.24) is 5.32 Å². The molecule has 1 fully saturated rings. The van der Waals surface area contributed by atoms with Crippen LogP contribution < -0.4 is 10.6 Å². The predicted octanol–water partition coefficient (Wildman–Crippen LogP) is 2.56. The molecule has 0 aliphatic heterocycles. The Balaban J connectivity index is 1.85. The van der Waals surface area contributed by atoms with Crippen LogP contribution in [0.3, 0.4) is 0 Å². The fourth-order valence-electron chi connectivity index (χ4n) is 2.46. The summed E-state index contributed by atoms with van der Waals surface area (Å²) in [6.45, 7) is 0.0941. The standard InChI is InChI=1S/C15H18FN3O/c16-12-6-7-14(11(8-12)9-17)18-10-15(20)19-13-4-2-1-3-5-13/h6-8,13,18H,1-5,10H2,(H,19,20). The van der Waals surface area contributed by atoms with Gasteiger partial charge < -0.3 is 10.6 Å². The number of nitrogens with zero attached hydrogens (tertiary/aromatic N) is 1. The van der Waals surface area contributed by atoms with Crippen LogP contribution in [0.1, 0.15) is 37.7 Å². The number of benzene rings is 1. The average molecular weight is 275 g/mol. The molecule has 4 nitrogen and oxygen atoms in total. The zero-order valence-electron chi connectivity index (χ0n) is 11.3. The third-order valence-electron chi connectivity index (χ3n) is 3.51. The molecular formula is C15H18FN3O. The van der Waals surface area contributed by atoms with Crippen molar-refractivity contribution in [3.05, 3.63) is 29.6 Å². The lowest BCUT2D eigenvalue weighted by Crippen LogP contribution is -2.39. The molecule has 5 heteroatoms. The van der Waals surface area contributed by atoms with Crippen molar-refractivity contribution < 1.29 is 9.18 Å². The van der Waals surface area contributed by atoms with E-state index < -0.39 is 5.82 Å². The first-order chi connectivity index (χ1) is 9.69. The Bertz CT molecular complexity index is 518. The lowest BCUT2D eigenvalue weighted by Gasteiger charge is -2.22. The summed E-state index contributed by atoms with van der Waals surface area (Å²) in [5, 5.41) is 14.8. The predicted molar refractivity (Wildman–Crippen MR) is 74.6 cm³/mol. The van der Waals surface area contributed by atoms with E-state index in [0.717, 1.165) is 31.7 Å². The molecule has 1 aromatic rings. The van der Waals surface area contributed by atoms with Crippen LogP contribution in [0.4, 0.5) is 10.1 Å². The van der Waals surface area contributed by atoms with Gasteiger partial charge in [0.25, 0.3) is 0 Å². The smallest absolute Gasteiger partial charge is 0.239 e. The van der Waals surface area contributed by atoms with E-state index in [1.54, 1.807) is 0 Å². The molecule has 0 heterocycles. The molecule has 0 spiro atoms. The fourth-order valence-corrected chi connectivity index (χ4v) is 2.46. The van der Waals surface area contributed by atoms with Crippen LogP contribution >= 0.6 is 0 Å². The van der Waals surface area contributed by atoms with Gasteiger partial charge in [-0.25, -0.2) is 4.39 Å². The molecule has 0 unspecified atom stereocenters. The monoisotopic (exact) mass is 275 g/mol. The highest BCUT2D eigenvalue weighted by molar-refractivity contribution is 5.81. The Morgan fingerprint density at radius 3 is 2.80 bits per heavy atom. The average Bonchev–Trinajstić information content (AvgIpc) is 2.47. The maximum Gasteiger partial charge on any atom is 0.239 e. The van der Waals surface area contributed by atoms with Crippen molar-refractivity contribution >= 4 is 11.6 Å². The molecule has 1 aliphatic carbocycles. The van der Waals surface area contributed by atoms with Crippen LogP contribution in [-0.4, -0.2) is 18.5 Å². The van der Waals surface area contributed by atoms with Crippen molar-refractivity contribution in [2.45, 2.75) is 38.1 Å². The second kappa shape index (κ2) is 6.90. The van der Waals surface area contributed by atoms with Gasteiger partial charge in [-0.15, -0.1) is 0 Å². The summed E-state index contributed by atoms with van der Waals surface area (Å²) in [7, 11) is 0. The summed E-state index contributed by atoms with van der Waals surface area (Å²) < 4.78 is 13.0. The van der Waals surface area contributed by atoms with Gasteiger partial charge in [-0.1, -0.05) is 19.3 Å². The Labute approximate surface area is 118 Å². The zero-order chi connectivity index (χ0) is 14.4. The minimum absolute atomic E-state index is 0.0925. The van der Waals surface area contributed by atoms with Crippen molar-refractivity contribution in [3.63, 3.8) is 0 Å². The molecule has 1 aromatic carbocycles. The SMILES string of the molecule is N#Cc1cc(F)ccc1NCC(=O)NC1CCCCC1. The van der Waals surface area contributed by atoms with Gasteiger partial charge in [0, 0.05) is 6.04 Å². The first kappa shape index (κ1) is 14.3. The molecule has 1 aliphatic rings. The first-order valence-corrected chi connectivity index (χ1v) is 6.92. The molecular weight excluding hydrogens is 257 g/mol. The number of anilines is 1. The number of hydrogen-bond donors (Lipinski definition) is 2. The second-order valence-electron chi connectivity index (χ2n) is 5.06. The van der Waals surface area contributed by atoms with Gasteiger partial charge in [0.15, 0.2) is 0 Å². The minimum atomic E-state index is -0.459. The largest absolute Gasteiger partial charge is 0.375 e. The Kier molecular flexibility index (Phi) is 4.94. The van der Waals surface area contributed by atoms with E-state index in [1.165, 1.54) is 18.6 Å². The Morgan fingerprint density at radius 1 is 1.35 bits per heavy atom. The molecule has 2 rings (SSSR count). The minimum Gasteiger partial charge on any atom is -0.375 e. The van der Waals surface area contributed by atoms with E-state index in [0.29, 0.717) is 5.69 Å². The highest BCUT2D eigenvalue weighted by Crippen LogP contribution is 2.18. The van der Waals surface area contributed by atoms with Crippen molar-refractivity contribution in [2.75, 3.05) is 11.9 Å². The number of carbonyl (C=O) groups excluding carboxylic acids is 1. The van der Waals surface area contributed by atoms with Gasteiger partial charge in [0.1, 0.15) is 11.9 Å². The molecule has 1 saturated carbocycles. The molecule has 2 N–H and O–H groups in total. The van der Waals surface area contributed by atoms with Gasteiger partial charge in [-0.3, -0.25) is 4.79 Å². The Hall–Kier alpha value is -2.09. The number of nitrogens with one attached hydrogen (secondary N) is 2. The van der Waals surface area contributed by atoms with E-state index in [9.17, 15) is 9.18 Å². The van der Waals surface area contributed by atoms with Gasteiger partial charge in [-0.05, 0) is 31.0 Å². The van der Waals surface area contributed by atoms with Crippen LogP contribution in [0, 0.1) is 17.1 Å². The summed E-state index contributed by atoms with van der Waals surface area (Å²) in [5.74, 6) is -0.552. The molecule has 0 radical (unpaired) electrons. The van der Waals surface area contributed by atoms with Gasteiger partial charge in [0.05, 0.1) is 17.8 Å². The maximum absolute atomic E-state index is 13.0. The van der Waals surface area contributed by atoms with E-state index in [2.05, 4.69) is 10.6 Å². The van der Waals surface area contributed by atoms with Crippen molar-refractivity contribution in [3.8, 4) is 6.07 Å². The zero-order valence-corrected chi connectivity index (χ0v) is 11.3. The molecule has 20 heavy (non-hydrogen) atoms. The quantitative estimate of drug-likeness (QED) is 0.887. The second-order valence-corrected chi connectivity index (χ2v) is 5.06. The number of halogens is 1. The van der Waals surface area contributed by atoms with Crippen molar-refractivity contribution in [1.29, 1.82) is 5.26 Å². The number of amides is 1. The van der Waals surface area contributed by atoms with E-state index in [1.807, 2.05) is 6.07 Å². The summed E-state index contributed by atoms with van der Waals surface area (Å²) >= 11 is 0. The molecule has 0 aromatic heterocycles. The van der Waals surface area contributed by atoms with E-state index in [4.69, 9.17) is 5.26 Å². The third kappa shape index (κ3) is 3.95. The van der Waals surface area contributed by atoms with Crippen LogP contribution in [0.25, 0.3) is 0 Å². The topological polar surface area (TPSA) is 64.9 Å². The third-order valence-corrected chi connectivity index (χ3v) is 3.51.